The Hall–Kier alpha value is -2.07. The maximum Gasteiger partial charge on any atom is 0.318 e. The molecule has 2 rings (SSSR count). The first kappa shape index (κ1) is 17.3. The van der Waals surface area contributed by atoms with Gasteiger partial charge in [-0.1, -0.05) is 23.7 Å². The van der Waals surface area contributed by atoms with Crippen LogP contribution in [0, 0.1) is 0 Å². The van der Waals surface area contributed by atoms with E-state index in [1.807, 2.05) is 57.2 Å². The number of pyridine rings is 1. The SMILES string of the molecule is CC(C)N(Cc1cccc(Cl)c1)C(=O)N[C@@H](C)c1ccncc1. The van der Waals surface area contributed by atoms with Crippen LogP contribution in [-0.4, -0.2) is 22.0 Å². The Kier molecular flexibility index (Phi) is 5.99. The average molecular weight is 332 g/mol. The molecular weight excluding hydrogens is 310 g/mol. The number of halogens is 1. The predicted octanol–water partition coefficient (Wildman–Crippen LogP) is 4.42. The van der Waals surface area contributed by atoms with Gasteiger partial charge in [0.15, 0.2) is 0 Å². The molecule has 4 nitrogen and oxygen atoms in total. The van der Waals surface area contributed by atoms with Gasteiger partial charge in [-0.15, -0.1) is 0 Å². The monoisotopic (exact) mass is 331 g/mol. The van der Waals surface area contributed by atoms with E-state index < -0.39 is 0 Å². The van der Waals surface area contributed by atoms with Crippen LogP contribution in [-0.2, 0) is 6.54 Å². The molecule has 0 aliphatic rings. The van der Waals surface area contributed by atoms with Crippen LogP contribution >= 0.6 is 11.6 Å². The number of urea groups is 1. The second kappa shape index (κ2) is 7.97. The van der Waals surface area contributed by atoms with Crippen LogP contribution in [0.2, 0.25) is 5.02 Å². The van der Waals surface area contributed by atoms with E-state index >= 15 is 0 Å². The van der Waals surface area contributed by atoms with E-state index in [1.165, 1.54) is 0 Å². The Morgan fingerprint density at radius 2 is 1.91 bits per heavy atom. The van der Waals surface area contributed by atoms with Gasteiger partial charge in [-0.3, -0.25) is 4.98 Å². The minimum Gasteiger partial charge on any atom is -0.331 e. The number of hydrogen-bond acceptors (Lipinski definition) is 2. The third-order valence-corrected chi connectivity index (χ3v) is 3.91. The highest BCUT2D eigenvalue weighted by molar-refractivity contribution is 6.30. The molecule has 1 heterocycles. The number of rotatable bonds is 5. The van der Waals surface area contributed by atoms with E-state index in [2.05, 4.69) is 10.3 Å². The number of carbonyl (C=O) groups is 1. The van der Waals surface area contributed by atoms with E-state index in [0.29, 0.717) is 11.6 Å². The summed E-state index contributed by atoms with van der Waals surface area (Å²) in [7, 11) is 0. The molecule has 2 amide bonds. The lowest BCUT2D eigenvalue weighted by molar-refractivity contribution is 0.176. The van der Waals surface area contributed by atoms with E-state index in [-0.39, 0.29) is 18.1 Å². The summed E-state index contributed by atoms with van der Waals surface area (Å²) >= 11 is 6.03. The normalized spacial score (nSPS) is 12.0. The van der Waals surface area contributed by atoms with Crippen LogP contribution in [0.3, 0.4) is 0 Å². The van der Waals surface area contributed by atoms with Gasteiger partial charge in [-0.05, 0) is 56.2 Å². The molecule has 0 unspecified atom stereocenters. The first-order valence-electron chi connectivity index (χ1n) is 7.69. The smallest absolute Gasteiger partial charge is 0.318 e. The molecule has 0 saturated heterocycles. The molecular formula is C18H22ClN3O. The lowest BCUT2D eigenvalue weighted by atomic mass is 10.1. The molecule has 1 aromatic heterocycles. The molecule has 1 atom stereocenters. The van der Waals surface area contributed by atoms with Crippen LogP contribution < -0.4 is 5.32 Å². The number of hydrogen-bond donors (Lipinski definition) is 1. The fraction of sp³-hybridized carbons (Fsp3) is 0.333. The molecule has 23 heavy (non-hydrogen) atoms. The van der Waals surface area contributed by atoms with Crippen LogP contribution in [0.5, 0.6) is 0 Å². The molecule has 5 heteroatoms. The zero-order chi connectivity index (χ0) is 16.8. The molecule has 1 aromatic carbocycles. The van der Waals surface area contributed by atoms with Crippen molar-refractivity contribution >= 4 is 17.6 Å². The Morgan fingerprint density at radius 1 is 1.22 bits per heavy atom. The highest BCUT2D eigenvalue weighted by atomic mass is 35.5. The fourth-order valence-electron chi connectivity index (χ4n) is 2.32. The van der Waals surface area contributed by atoms with Gasteiger partial charge >= 0.3 is 6.03 Å². The summed E-state index contributed by atoms with van der Waals surface area (Å²) in [6.07, 6.45) is 3.45. The maximum absolute atomic E-state index is 12.6. The van der Waals surface area contributed by atoms with Crippen molar-refractivity contribution in [2.75, 3.05) is 0 Å². The first-order chi connectivity index (χ1) is 11.0. The highest BCUT2D eigenvalue weighted by Crippen LogP contribution is 2.16. The predicted molar refractivity (Wildman–Crippen MR) is 93.3 cm³/mol. The van der Waals surface area contributed by atoms with E-state index in [0.717, 1.165) is 11.1 Å². The van der Waals surface area contributed by atoms with E-state index in [4.69, 9.17) is 11.6 Å². The van der Waals surface area contributed by atoms with Crippen molar-refractivity contribution in [1.29, 1.82) is 0 Å². The first-order valence-corrected chi connectivity index (χ1v) is 8.06. The molecule has 2 aromatic rings. The Labute approximate surface area is 142 Å². The molecule has 0 radical (unpaired) electrons. The average Bonchev–Trinajstić information content (AvgIpc) is 2.53. The summed E-state index contributed by atoms with van der Waals surface area (Å²) in [5.74, 6) is 0. The zero-order valence-corrected chi connectivity index (χ0v) is 14.4. The lowest BCUT2D eigenvalue weighted by Crippen LogP contribution is -2.44. The lowest BCUT2D eigenvalue weighted by Gasteiger charge is -2.29. The second-order valence-electron chi connectivity index (χ2n) is 5.80. The minimum atomic E-state index is -0.0933. The van der Waals surface area contributed by atoms with E-state index in [9.17, 15) is 4.79 Å². The van der Waals surface area contributed by atoms with Crippen molar-refractivity contribution in [3.05, 3.63) is 64.9 Å². The highest BCUT2D eigenvalue weighted by Gasteiger charge is 2.19. The number of nitrogens with zero attached hydrogens (tertiary/aromatic N) is 2. The van der Waals surface area contributed by atoms with Gasteiger partial charge in [0.05, 0.1) is 6.04 Å². The van der Waals surface area contributed by atoms with Crippen molar-refractivity contribution in [1.82, 2.24) is 15.2 Å². The Bertz CT molecular complexity index is 646. The van der Waals surface area contributed by atoms with Gasteiger partial charge in [0, 0.05) is 30.0 Å². The zero-order valence-electron chi connectivity index (χ0n) is 13.7. The molecule has 0 aliphatic heterocycles. The molecule has 0 fully saturated rings. The molecule has 122 valence electrons. The van der Waals surface area contributed by atoms with Crippen LogP contribution in [0.25, 0.3) is 0 Å². The van der Waals surface area contributed by atoms with Crippen LogP contribution in [0.4, 0.5) is 4.79 Å². The Morgan fingerprint density at radius 3 is 2.52 bits per heavy atom. The Balaban J connectivity index is 2.06. The maximum atomic E-state index is 12.6. The largest absolute Gasteiger partial charge is 0.331 e. The minimum absolute atomic E-state index is 0.0777. The van der Waals surface area contributed by atoms with Gasteiger partial charge in [0.2, 0.25) is 0 Å². The number of carbonyl (C=O) groups excluding carboxylic acids is 1. The van der Waals surface area contributed by atoms with Crippen LogP contribution in [0.15, 0.2) is 48.8 Å². The molecule has 0 bridgehead atoms. The molecule has 0 spiro atoms. The van der Waals surface area contributed by atoms with Crippen molar-refractivity contribution in [3.8, 4) is 0 Å². The number of nitrogens with one attached hydrogen (secondary N) is 1. The van der Waals surface area contributed by atoms with Gasteiger partial charge in [0.25, 0.3) is 0 Å². The standard InChI is InChI=1S/C18H22ClN3O/c1-13(2)22(12-15-5-4-6-17(19)11-15)18(23)21-14(3)16-7-9-20-10-8-16/h4-11,13-14H,12H2,1-3H3,(H,21,23)/t14-/m0/s1. The van der Waals surface area contributed by atoms with Gasteiger partial charge < -0.3 is 10.2 Å². The van der Waals surface area contributed by atoms with Crippen molar-refractivity contribution in [2.45, 2.75) is 39.4 Å². The molecule has 1 N–H and O–H groups in total. The summed E-state index contributed by atoms with van der Waals surface area (Å²) in [5, 5.41) is 3.72. The summed E-state index contributed by atoms with van der Waals surface area (Å²) in [6, 6.07) is 11.3. The summed E-state index contributed by atoms with van der Waals surface area (Å²) in [5.41, 5.74) is 2.04. The van der Waals surface area contributed by atoms with E-state index in [1.54, 1.807) is 17.3 Å². The molecule has 0 aliphatic carbocycles. The topological polar surface area (TPSA) is 45.2 Å². The van der Waals surface area contributed by atoms with Crippen molar-refractivity contribution < 1.29 is 4.79 Å². The second-order valence-corrected chi connectivity index (χ2v) is 6.24. The third-order valence-electron chi connectivity index (χ3n) is 3.67. The summed E-state index contributed by atoms with van der Waals surface area (Å²) in [6.45, 7) is 6.49. The van der Waals surface area contributed by atoms with Crippen molar-refractivity contribution in [3.63, 3.8) is 0 Å². The van der Waals surface area contributed by atoms with Crippen LogP contribution in [0.1, 0.15) is 37.9 Å². The fourth-order valence-corrected chi connectivity index (χ4v) is 2.54. The van der Waals surface area contributed by atoms with Crippen molar-refractivity contribution in [2.24, 2.45) is 0 Å². The third kappa shape index (κ3) is 4.96. The summed E-state index contributed by atoms with van der Waals surface area (Å²) < 4.78 is 0. The number of aromatic nitrogens is 1. The summed E-state index contributed by atoms with van der Waals surface area (Å²) in [4.78, 5) is 18.4. The number of benzene rings is 1. The van der Waals surface area contributed by atoms with Gasteiger partial charge in [-0.25, -0.2) is 4.79 Å². The number of amides is 2. The van der Waals surface area contributed by atoms with Gasteiger partial charge in [0.1, 0.15) is 0 Å². The van der Waals surface area contributed by atoms with Gasteiger partial charge in [-0.2, -0.15) is 0 Å². The quantitative estimate of drug-likeness (QED) is 0.881. The molecule has 0 saturated carbocycles.